The van der Waals surface area contributed by atoms with Crippen LogP contribution in [0.4, 0.5) is 10.6 Å². The summed E-state index contributed by atoms with van der Waals surface area (Å²) in [6, 6.07) is 11.2. The van der Waals surface area contributed by atoms with Gasteiger partial charge in [0.05, 0.1) is 11.1 Å². The van der Waals surface area contributed by atoms with Gasteiger partial charge in [0.2, 0.25) is 0 Å². The summed E-state index contributed by atoms with van der Waals surface area (Å²) in [6.07, 6.45) is 2.34. The van der Waals surface area contributed by atoms with E-state index in [1.807, 2.05) is 12.1 Å². The monoisotopic (exact) mass is 405 g/mol. The fraction of sp³-hybridized carbons (Fsp3) is 0.368. The van der Waals surface area contributed by atoms with Gasteiger partial charge in [-0.15, -0.1) is 0 Å². The summed E-state index contributed by atoms with van der Waals surface area (Å²) in [5.74, 6) is 1.34. The summed E-state index contributed by atoms with van der Waals surface area (Å²) in [6.45, 7) is 7.58. The zero-order valence-electron chi connectivity index (χ0n) is 14.8. The molecular formula is C19H24BrN3O2. The van der Waals surface area contributed by atoms with Gasteiger partial charge in [-0.25, -0.2) is 9.78 Å². The van der Waals surface area contributed by atoms with Crippen molar-refractivity contribution in [2.75, 3.05) is 18.5 Å². The zero-order chi connectivity index (χ0) is 18.3. The lowest BCUT2D eigenvalue weighted by Gasteiger charge is -2.20. The van der Waals surface area contributed by atoms with Gasteiger partial charge in [0.15, 0.2) is 0 Å². The van der Waals surface area contributed by atoms with Crippen molar-refractivity contribution in [1.82, 2.24) is 10.3 Å². The number of aromatic nitrogens is 1. The molecule has 0 bridgehead atoms. The van der Waals surface area contributed by atoms with Crippen LogP contribution in [0.1, 0.15) is 32.8 Å². The lowest BCUT2D eigenvalue weighted by atomic mass is 9.87. The zero-order valence-corrected chi connectivity index (χ0v) is 16.4. The van der Waals surface area contributed by atoms with Crippen molar-refractivity contribution in [3.05, 3.63) is 52.6 Å². The van der Waals surface area contributed by atoms with E-state index in [0.29, 0.717) is 25.4 Å². The minimum Gasteiger partial charge on any atom is -0.492 e. The quantitative estimate of drug-likeness (QED) is 0.682. The number of anilines is 1. The minimum atomic E-state index is -0.269. The van der Waals surface area contributed by atoms with E-state index in [1.54, 1.807) is 18.3 Å². The average molecular weight is 406 g/mol. The van der Waals surface area contributed by atoms with Crippen molar-refractivity contribution >= 4 is 27.8 Å². The molecule has 2 amide bonds. The molecule has 6 heteroatoms. The van der Waals surface area contributed by atoms with Crippen LogP contribution in [-0.2, 0) is 5.41 Å². The number of amides is 2. The highest BCUT2D eigenvalue weighted by atomic mass is 79.9. The Kier molecular flexibility index (Phi) is 6.82. The van der Waals surface area contributed by atoms with Crippen LogP contribution in [0.25, 0.3) is 0 Å². The molecule has 0 aliphatic rings. The fourth-order valence-corrected chi connectivity index (χ4v) is 2.63. The minimum absolute atomic E-state index is 0.103. The number of hydrogen-bond acceptors (Lipinski definition) is 3. The largest absolute Gasteiger partial charge is 0.492 e. The molecule has 0 aliphatic heterocycles. The third-order valence-electron chi connectivity index (χ3n) is 3.57. The van der Waals surface area contributed by atoms with Gasteiger partial charge in [-0.3, -0.25) is 5.32 Å². The second-order valence-electron chi connectivity index (χ2n) is 6.69. The lowest BCUT2D eigenvalue weighted by molar-refractivity contribution is 0.250. The van der Waals surface area contributed by atoms with E-state index in [9.17, 15) is 4.79 Å². The molecule has 2 rings (SSSR count). The third-order valence-corrected chi connectivity index (χ3v) is 4.19. The maximum atomic E-state index is 11.7. The van der Waals surface area contributed by atoms with Gasteiger partial charge in [-0.2, -0.15) is 0 Å². The topological polar surface area (TPSA) is 63.2 Å². The van der Waals surface area contributed by atoms with Gasteiger partial charge < -0.3 is 10.1 Å². The molecule has 2 aromatic rings. The number of pyridine rings is 1. The molecule has 1 aromatic carbocycles. The van der Waals surface area contributed by atoms with Gasteiger partial charge in [-0.1, -0.05) is 32.9 Å². The van der Waals surface area contributed by atoms with Crippen molar-refractivity contribution in [3.63, 3.8) is 0 Å². The number of ether oxygens (including phenoxy) is 1. The molecule has 0 fully saturated rings. The molecular weight excluding hydrogens is 382 g/mol. The molecule has 0 radical (unpaired) electrons. The summed E-state index contributed by atoms with van der Waals surface area (Å²) in [4.78, 5) is 15.8. The Labute approximate surface area is 157 Å². The molecule has 5 nitrogen and oxygen atoms in total. The maximum Gasteiger partial charge on any atom is 0.320 e. The van der Waals surface area contributed by atoms with E-state index in [0.717, 1.165) is 10.2 Å². The first-order valence-electron chi connectivity index (χ1n) is 8.25. The molecule has 1 aromatic heterocycles. The van der Waals surface area contributed by atoms with E-state index in [4.69, 9.17) is 4.74 Å². The Morgan fingerprint density at radius 2 is 2.04 bits per heavy atom. The lowest BCUT2D eigenvalue weighted by Crippen LogP contribution is -2.30. The number of urea groups is 1. The number of hydrogen-bond donors (Lipinski definition) is 2. The van der Waals surface area contributed by atoms with Crippen LogP contribution in [0.3, 0.4) is 0 Å². The Bertz CT molecular complexity index is 700. The van der Waals surface area contributed by atoms with Crippen LogP contribution in [0.15, 0.2) is 47.1 Å². The second-order valence-corrected chi connectivity index (χ2v) is 7.55. The summed E-state index contributed by atoms with van der Waals surface area (Å²) < 4.78 is 6.72. The van der Waals surface area contributed by atoms with Crippen molar-refractivity contribution in [2.45, 2.75) is 32.6 Å². The van der Waals surface area contributed by atoms with Crippen molar-refractivity contribution in [3.8, 4) is 5.75 Å². The number of nitrogens with zero attached hydrogens (tertiary/aromatic N) is 1. The number of halogens is 1. The fourth-order valence-electron chi connectivity index (χ4n) is 2.14. The van der Waals surface area contributed by atoms with E-state index in [-0.39, 0.29) is 11.4 Å². The number of carbonyl (C=O) groups is 1. The van der Waals surface area contributed by atoms with Crippen molar-refractivity contribution in [1.29, 1.82) is 0 Å². The molecule has 1 heterocycles. The van der Waals surface area contributed by atoms with Crippen LogP contribution in [0.2, 0.25) is 0 Å². The van der Waals surface area contributed by atoms with Gasteiger partial charge in [0, 0.05) is 12.7 Å². The molecule has 25 heavy (non-hydrogen) atoms. The highest BCUT2D eigenvalue weighted by molar-refractivity contribution is 9.10. The number of carbonyl (C=O) groups excluding carboxylic acids is 1. The van der Waals surface area contributed by atoms with Crippen molar-refractivity contribution in [2.24, 2.45) is 0 Å². The molecule has 0 spiro atoms. The third kappa shape index (κ3) is 6.38. The highest BCUT2D eigenvalue weighted by Gasteiger charge is 2.15. The number of benzene rings is 1. The summed E-state index contributed by atoms with van der Waals surface area (Å²) in [7, 11) is 0. The highest BCUT2D eigenvalue weighted by Crippen LogP contribution is 2.31. The van der Waals surface area contributed by atoms with Crippen LogP contribution in [-0.4, -0.2) is 24.2 Å². The first-order valence-corrected chi connectivity index (χ1v) is 9.04. The Morgan fingerprint density at radius 1 is 1.24 bits per heavy atom. The van der Waals surface area contributed by atoms with Crippen LogP contribution in [0, 0.1) is 0 Å². The maximum absolute atomic E-state index is 11.7. The molecule has 0 unspecified atom stereocenters. The van der Waals surface area contributed by atoms with E-state index >= 15 is 0 Å². The molecule has 0 saturated heterocycles. The summed E-state index contributed by atoms with van der Waals surface area (Å²) >= 11 is 3.56. The normalized spacial score (nSPS) is 11.0. The predicted octanol–water partition coefficient (Wildman–Crippen LogP) is 4.73. The molecule has 2 N–H and O–H groups in total. The van der Waals surface area contributed by atoms with Gasteiger partial charge in [0.25, 0.3) is 0 Å². The molecule has 0 atom stereocenters. The summed E-state index contributed by atoms with van der Waals surface area (Å²) in [5.41, 5.74) is 1.35. The smallest absolute Gasteiger partial charge is 0.320 e. The van der Waals surface area contributed by atoms with Gasteiger partial charge >= 0.3 is 6.03 Å². The Morgan fingerprint density at radius 3 is 2.68 bits per heavy atom. The van der Waals surface area contributed by atoms with Crippen LogP contribution in [0.5, 0.6) is 5.75 Å². The van der Waals surface area contributed by atoms with Crippen LogP contribution >= 0.6 is 15.9 Å². The summed E-state index contributed by atoms with van der Waals surface area (Å²) in [5, 5.41) is 5.45. The Balaban J connectivity index is 1.70. The standard InChI is InChI=1S/C19H24BrN3O2/c1-19(2,3)14-8-9-16(15(20)13-14)25-12-6-11-22-18(24)23-17-7-4-5-10-21-17/h4-5,7-10,13H,6,11-12H2,1-3H3,(H2,21,22,23,24). The molecule has 134 valence electrons. The SMILES string of the molecule is CC(C)(C)c1ccc(OCCCNC(=O)Nc2ccccn2)c(Br)c1. The predicted molar refractivity (Wildman–Crippen MR) is 104 cm³/mol. The van der Waals surface area contributed by atoms with E-state index in [1.165, 1.54) is 5.56 Å². The average Bonchev–Trinajstić information content (AvgIpc) is 2.55. The Hall–Kier alpha value is -2.08. The van der Waals surface area contributed by atoms with Crippen molar-refractivity contribution < 1.29 is 9.53 Å². The number of rotatable bonds is 6. The first kappa shape index (κ1) is 19.2. The van der Waals surface area contributed by atoms with Gasteiger partial charge in [0.1, 0.15) is 11.6 Å². The van der Waals surface area contributed by atoms with Crippen LogP contribution < -0.4 is 15.4 Å². The molecule has 0 aliphatic carbocycles. The van der Waals surface area contributed by atoms with E-state index < -0.39 is 0 Å². The second kappa shape index (κ2) is 8.85. The number of nitrogens with one attached hydrogen (secondary N) is 2. The first-order chi connectivity index (χ1) is 11.9. The van der Waals surface area contributed by atoms with Gasteiger partial charge in [-0.05, 0) is 57.6 Å². The molecule has 0 saturated carbocycles. The van der Waals surface area contributed by atoms with E-state index in [2.05, 4.69) is 64.5 Å².